The average Bonchev–Trinajstić information content (AvgIpc) is 3.38. The number of nitrogens with zero attached hydrogens (tertiary/aromatic N) is 3. The molecule has 1 fully saturated rings. The van der Waals surface area contributed by atoms with Crippen LogP contribution in [-0.2, 0) is 0 Å². The van der Waals surface area contributed by atoms with Gasteiger partial charge in [0.25, 0.3) is 0 Å². The van der Waals surface area contributed by atoms with Crippen LogP contribution >= 0.6 is 0 Å². The van der Waals surface area contributed by atoms with Crippen LogP contribution in [0, 0.1) is 5.92 Å². The van der Waals surface area contributed by atoms with Gasteiger partial charge >= 0.3 is 6.03 Å². The van der Waals surface area contributed by atoms with Crippen LogP contribution in [0.1, 0.15) is 36.4 Å². The van der Waals surface area contributed by atoms with Gasteiger partial charge in [-0.1, -0.05) is 25.1 Å². The van der Waals surface area contributed by atoms with Gasteiger partial charge in [0, 0.05) is 42.4 Å². The third-order valence-corrected chi connectivity index (χ3v) is 4.86. The maximum atomic E-state index is 11.6. The first kappa shape index (κ1) is 14.2. The van der Waals surface area contributed by atoms with Gasteiger partial charge in [0.05, 0.1) is 5.52 Å². The molecule has 1 aromatic heterocycles. The summed E-state index contributed by atoms with van der Waals surface area (Å²) >= 11 is 0. The number of pyridine rings is 1. The van der Waals surface area contributed by atoms with Crippen molar-refractivity contribution >= 4 is 23.1 Å². The molecule has 1 aromatic carbocycles. The van der Waals surface area contributed by atoms with E-state index < -0.39 is 0 Å². The predicted molar refractivity (Wildman–Crippen MR) is 90.7 cm³/mol. The fraction of sp³-hybridized carbons (Fsp3) is 0.389. The summed E-state index contributed by atoms with van der Waals surface area (Å²) in [6.07, 6.45) is 4.84. The van der Waals surface area contributed by atoms with Crippen molar-refractivity contribution < 1.29 is 4.79 Å². The number of urea groups is 1. The summed E-state index contributed by atoms with van der Waals surface area (Å²) in [5.41, 5.74) is 8.96. The highest BCUT2D eigenvalue weighted by Gasteiger charge is 2.30. The topological polar surface area (TPSA) is 71.6 Å². The smallest absolute Gasteiger partial charge is 0.314 e. The molecule has 5 heteroatoms. The molecular formula is C18H20N4O. The van der Waals surface area contributed by atoms with E-state index in [0.717, 1.165) is 18.5 Å². The summed E-state index contributed by atoms with van der Waals surface area (Å²) in [5.74, 6) is 0.742. The standard InChI is InChI=1S/C18H20N4O/c1-11-7-12(10-22(9-11)18(19)23)13-4-5-15(16-8-21-16)17-14(13)3-2-6-20-17/h2-6,8,11-12,16H,7,9-10H2,1H3,(H2,19,23)/t11-,12+,16?/m1/s1. The molecule has 2 aliphatic rings. The zero-order valence-electron chi connectivity index (χ0n) is 13.1. The minimum Gasteiger partial charge on any atom is -0.351 e. The van der Waals surface area contributed by atoms with Crippen molar-refractivity contribution in [2.75, 3.05) is 13.1 Å². The van der Waals surface area contributed by atoms with E-state index in [1.165, 1.54) is 16.5 Å². The number of carbonyl (C=O) groups excluding carboxylic acids is 1. The Kier molecular flexibility index (Phi) is 3.29. The van der Waals surface area contributed by atoms with Crippen LogP contribution in [0.2, 0.25) is 0 Å². The van der Waals surface area contributed by atoms with E-state index in [4.69, 9.17) is 5.73 Å². The molecule has 4 rings (SSSR count). The van der Waals surface area contributed by atoms with Crippen LogP contribution in [0.15, 0.2) is 35.5 Å². The number of carbonyl (C=O) groups is 1. The Hall–Kier alpha value is -2.43. The molecule has 2 amide bonds. The monoisotopic (exact) mass is 308 g/mol. The maximum Gasteiger partial charge on any atom is 0.314 e. The minimum absolute atomic E-state index is 0.189. The molecule has 2 aliphatic heterocycles. The van der Waals surface area contributed by atoms with Crippen molar-refractivity contribution in [2.45, 2.75) is 25.3 Å². The lowest BCUT2D eigenvalue weighted by Gasteiger charge is -2.36. The van der Waals surface area contributed by atoms with Crippen LogP contribution in [0.25, 0.3) is 10.9 Å². The van der Waals surface area contributed by atoms with Gasteiger partial charge in [-0.3, -0.25) is 9.98 Å². The summed E-state index contributed by atoms with van der Waals surface area (Å²) < 4.78 is 0. The number of aromatic nitrogens is 1. The number of aliphatic imine (C=N–C) groups is 1. The van der Waals surface area contributed by atoms with Crippen LogP contribution in [0.3, 0.4) is 0 Å². The van der Waals surface area contributed by atoms with Crippen molar-refractivity contribution in [1.29, 1.82) is 0 Å². The van der Waals surface area contributed by atoms with E-state index in [0.29, 0.717) is 18.4 Å². The molecule has 1 unspecified atom stereocenters. The quantitative estimate of drug-likeness (QED) is 0.926. The number of primary amides is 1. The molecule has 0 bridgehead atoms. The zero-order valence-corrected chi connectivity index (χ0v) is 13.1. The van der Waals surface area contributed by atoms with Crippen molar-refractivity contribution in [3.05, 3.63) is 41.6 Å². The van der Waals surface area contributed by atoms with Gasteiger partial charge in [-0.25, -0.2) is 4.79 Å². The number of nitrogens with two attached hydrogens (primary N) is 1. The average molecular weight is 308 g/mol. The molecule has 1 saturated heterocycles. The number of piperidine rings is 1. The molecule has 2 aromatic rings. The van der Waals surface area contributed by atoms with E-state index in [1.807, 2.05) is 18.5 Å². The summed E-state index contributed by atoms with van der Waals surface area (Å²) in [6.45, 7) is 3.61. The highest BCUT2D eigenvalue weighted by Crippen LogP contribution is 2.37. The molecule has 3 atom stereocenters. The fourth-order valence-corrected chi connectivity index (χ4v) is 3.77. The van der Waals surface area contributed by atoms with Crippen LogP contribution in [-0.4, -0.2) is 35.2 Å². The third-order valence-electron chi connectivity index (χ3n) is 4.86. The van der Waals surface area contributed by atoms with E-state index in [9.17, 15) is 4.79 Å². The molecule has 23 heavy (non-hydrogen) atoms. The van der Waals surface area contributed by atoms with Crippen molar-refractivity contribution in [3.63, 3.8) is 0 Å². The fourth-order valence-electron chi connectivity index (χ4n) is 3.77. The third kappa shape index (κ3) is 2.56. The SMILES string of the molecule is C[C@@H]1C[C@H](c2ccc(C3C=N3)c3ncccc23)CN(C(N)=O)C1. The highest BCUT2D eigenvalue weighted by atomic mass is 16.2. The summed E-state index contributed by atoms with van der Waals surface area (Å²) in [7, 11) is 0. The van der Waals surface area contributed by atoms with E-state index in [1.54, 1.807) is 4.90 Å². The zero-order chi connectivity index (χ0) is 16.0. The number of fused-ring (bicyclic) bond motifs is 1. The van der Waals surface area contributed by atoms with E-state index in [-0.39, 0.29) is 12.1 Å². The summed E-state index contributed by atoms with van der Waals surface area (Å²) in [5, 5.41) is 1.17. The Labute approximate surface area is 135 Å². The first-order chi connectivity index (χ1) is 11.1. The lowest BCUT2D eigenvalue weighted by atomic mass is 9.83. The summed E-state index contributed by atoms with van der Waals surface area (Å²) in [6, 6.07) is 8.28. The lowest BCUT2D eigenvalue weighted by Crippen LogP contribution is -2.45. The van der Waals surface area contributed by atoms with Gasteiger partial charge in [0.15, 0.2) is 0 Å². The van der Waals surface area contributed by atoms with E-state index >= 15 is 0 Å². The molecule has 2 N–H and O–H groups in total. The molecule has 0 radical (unpaired) electrons. The molecular weight excluding hydrogens is 288 g/mol. The Balaban J connectivity index is 1.76. The Morgan fingerprint density at radius 2 is 2.04 bits per heavy atom. The Bertz CT molecular complexity index is 795. The van der Waals surface area contributed by atoms with Crippen LogP contribution in [0.4, 0.5) is 4.79 Å². The van der Waals surface area contributed by atoms with Crippen LogP contribution < -0.4 is 5.73 Å². The normalized spacial score (nSPS) is 26.5. The maximum absolute atomic E-state index is 11.6. The first-order valence-electron chi connectivity index (χ1n) is 8.08. The molecule has 0 aliphatic carbocycles. The molecule has 5 nitrogen and oxygen atoms in total. The van der Waals surface area contributed by atoms with Gasteiger partial charge in [0.2, 0.25) is 0 Å². The van der Waals surface area contributed by atoms with Crippen LogP contribution in [0.5, 0.6) is 0 Å². The van der Waals surface area contributed by atoms with Gasteiger partial charge in [0.1, 0.15) is 6.04 Å². The number of benzene rings is 1. The number of likely N-dealkylation sites (tertiary alicyclic amines) is 1. The second-order valence-electron chi connectivity index (χ2n) is 6.67. The second-order valence-corrected chi connectivity index (χ2v) is 6.67. The number of hydrogen-bond acceptors (Lipinski definition) is 3. The Morgan fingerprint density at radius 3 is 2.78 bits per heavy atom. The largest absolute Gasteiger partial charge is 0.351 e. The van der Waals surface area contributed by atoms with Gasteiger partial charge in [-0.2, -0.15) is 0 Å². The minimum atomic E-state index is -0.327. The van der Waals surface area contributed by atoms with Gasteiger partial charge < -0.3 is 10.6 Å². The lowest BCUT2D eigenvalue weighted by molar-refractivity contribution is 0.168. The molecule has 0 saturated carbocycles. The number of rotatable bonds is 2. The predicted octanol–water partition coefficient (Wildman–Crippen LogP) is 2.86. The molecule has 3 heterocycles. The highest BCUT2D eigenvalue weighted by molar-refractivity contribution is 5.92. The number of hydrogen-bond donors (Lipinski definition) is 1. The number of amides is 2. The summed E-state index contributed by atoms with van der Waals surface area (Å²) in [4.78, 5) is 22.2. The van der Waals surface area contributed by atoms with Crippen molar-refractivity contribution in [1.82, 2.24) is 9.88 Å². The first-order valence-corrected chi connectivity index (χ1v) is 8.08. The van der Waals surface area contributed by atoms with Gasteiger partial charge in [-0.05, 0) is 24.0 Å². The van der Waals surface area contributed by atoms with Gasteiger partial charge in [-0.15, -0.1) is 0 Å². The molecule has 118 valence electrons. The van der Waals surface area contributed by atoms with E-state index in [2.05, 4.69) is 35.1 Å². The van der Waals surface area contributed by atoms with Crippen molar-refractivity contribution in [2.24, 2.45) is 16.6 Å². The second kappa shape index (κ2) is 5.33. The van der Waals surface area contributed by atoms with Crippen molar-refractivity contribution in [3.8, 4) is 0 Å². The Morgan fingerprint density at radius 1 is 1.26 bits per heavy atom. The molecule has 0 spiro atoms.